The van der Waals surface area contributed by atoms with E-state index in [4.69, 9.17) is 0 Å². The molecule has 32 heavy (non-hydrogen) atoms. The molecule has 0 radical (unpaired) electrons. The highest BCUT2D eigenvalue weighted by molar-refractivity contribution is 5.86. The predicted molar refractivity (Wildman–Crippen MR) is 133 cm³/mol. The van der Waals surface area contributed by atoms with Crippen LogP contribution in [0.4, 0.5) is 0 Å². The Morgan fingerprint density at radius 3 is 2.56 bits per heavy atom. The highest BCUT2D eigenvalue weighted by Gasteiger charge is 2.63. The molecule has 0 aromatic heterocycles. The van der Waals surface area contributed by atoms with E-state index in [1.165, 1.54) is 25.7 Å². The van der Waals surface area contributed by atoms with Crippen molar-refractivity contribution in [1.82, 2.24) is 0 Å². The number of aliphatic hydroxyl groups is 1. The summed E-state index contributed by atoms with van der Waals surface area (Å²) >= 11 is 0. The lowest BCUT2D eigenvalue weighted by atomic mass is 9.44. The topological polar surface area (TPSA) is 37.3 Å². The maximum atomic E-state index is 12.8. The van der Waals surface area contributed by atoms with Crippen LogP contribution < -0.4 is 0 Å². The van der Waals surface area contributed by atoms with Crippen LogP contribution in [0.3, 0.4) is 0 Å². The van der Waals surface area contributed by atoms with Gasteiger partial charge in [-0.15, -0.1) is 0 Å². The number of aliphatic hydroxyl groups excluding tert-OH is 1. The molecule has 4 aliphatic carbocycles. The van der Waals surface area contributed by atoms with Crippen LogP contribution in [0.1, 0.15) is 99.8 Å². The van der Waals surface area contributed by atoms with E-state index in [2.05, 4.69) is 59.8 Å². The number of fused-ring (bicyclic) bond motifs is 5. The van der Waals surface area contributed by atoms with Gasteiger partial charge in [-0.1, -0.05) is 65.3 Å². The van der Waals surface area contributed by atoms with Gasteiger partial charge in [-0.3, -0.25) is 4.79 Å². The minimum absolute atomic E-state index is 0.141. The van der Waals surface area contributed by atoms with E-state index in [1.54, 1.807) is 11.1 Å². The van der Waals surface area contributed by atoms with Crippen molar-refractivity contribution in [3.8, 4) is 0 Å². The first-order chi connectivity index (χ1) is 14.9. The van der Waals surface area contributed by atoms with Gasteiger partial charge in [-0.05, 0) is 97.0 Å². The van der Waals surface area contributed by atoms with Gasteiger partial charge in [0.25, 0.3) is 0 Å². The van der Waals surface area contributed by atoms with Crippen molar-refractivity contribution >= 4 is 5.78 Å². The maximum absolute atomic E-state index is 12.8. The smallest absolute Gasteiger partial charge is 0.138 e. The molecule has 2 saturated carbocycles. The van der Waals surface area contributed by atoms with E-state index in [1.807, 2.05) is 6.92 Å². The van der Waals surface area contributed by atoms with Crippen LogP contribution in [-0.2, 0) is 4.79 Å². The molecule has 0 spiro atoms. The second kappa shape index (κ2) is 7.97. The summed E-state index contributed by atoms with van der Waals surface area (Å²) in [5.41, 5.74) is 4.80. The second-order valence-corrected chi connectivity index (χ2v) is 12.9. The van der Waals surface area contributed by atoms with Gasteiger partial charge in [0.1, 0.15) is 5.78 Å². The molecule has 0 amide bonds. The average molecular weight is 439 g/mol. The molecular weight excluding hydrogens is 392 g/mol. The van der Waals surface area contributed by atoms with Gasteiger partial charge in [0, 0.05) is 11.8 Å². The molecule has 0 aromatic carbocycles. The normalized spacial score (nSPS) is 41.9. The van der Waals surface area contributed by atoms with E-state index in [0.717, 1.165) is 37.2 Å². The molecule has 4 aliphatic rings. The largest absolute Gasteiger partial charge is 0.392 e. The minimum atomic E-state index is -0.218. The first-order valence-corrected chi connectivity index (χ1v) is 13.1. The molecule has 0 saturated heterocycles. The third-order valence-corrected chi connectivity index (χ3v) is 11.1. The molecule has 4 rings (SSSR count). The van der Waals surface area contributed by atoms with Crippen molar-refractivity contribution in [1.29, 1.82) is 0 Å². The SMILES string of the molecule is CC(=CCC[C@@H](C)[C@H]1CC[C@@]2(C)C3=CC[C@H]4C(C)(C)C(=O)CC[C@]4(C)C3=CC[C@]12C)CO. The van der Waals surface area contributed by atoms with Gasteiger partial charge < -0.3 is 5.11 Å². The average Bonchev–Trinajstić information content (AvgIpc) is 3.02. The summed E-state index contributed by atoms with van der Waals surface area (Å²) in [5, 5.41) is 9.30. The number of hydrogen-bond donors (Lipinski definition) is 1. The molecule has 0 aromatic rings. The van der Waals surface area contributed by atoms with E-state index in [9.17, 15) is 9.90 Å². The molecule has 2 nitrogen and oxygen atoms in total. The van der Waals surface area contributed by atoms with Crippen LogP contribution in [0.15, 0.2) is 34.9 Å². The number of carbonyl (C=O) groups is 1. The zero-order valence-corrected chi connectivity index (χ0v) is 21.7. The maximum Gasteiger partial charge on any atom is 0.138 e. The Balaban J connectivity index is 1.63. The molecule has 2 fully saturated rings. The van der Waals surface area contributed by atoms with Gasteiger partial charge in [0.05, 0.1) is 6.61 Å². The fourth-order valence-corrected chi connectivity index (χ4v) is 8.62. The van der Waals surface area contributed by atoms with Crippen LogP contribution in [0.5, 0.6) is 0 Å². The zero-order chi connectivity index (χ0) is 23.5. The van der Waals surface area contributed by atoms with Gasteiger partial charge >= 0.3 is 0 Å². The van der Waals surface area contributed by atoms with Crippen molar-refractivity contribution in [3.63, 3.8) is 0 Å². The molecule has 178 valence electrons. The lowest BCUT2D eigenvalue weighted by Gasteiger charge is -2.59. The standard InChI is InChI=1S/C30H46O2/c1-20(19-31)9-8-10-21(2)22-13-17-30(7)24-11-12-25-27(3,4)26(32)15-16-28(25,5)23(24)14-18-29(22,30)6/h9,11,14,21-22,25,31H,8,10,12-13,15-19H2,1-7H3/t21-,22-,25+,28-,29-,30+/m1/s1. The second-order valence-electron chi connectivity index (χ2n) is 12.9. The quantitative estimate of drug-likeness (QED) is 0.453. The number of carbonyl (C=O) groups excluding carboxylic acids is 1. The van der Waals surface area contributed by atoms with E-state index >= 15 is 0 Å². The first-order valence-electron chi connectivity index (χ1n) is 13.1. The van der Waals surface area contributed by atoms with Crippen LogP contribution in [0.2, 0.25) is 0 Å². The zero-order valence-electron chi connectivity index (χ0n) is 21.7. The first kappa shape index (κ1) is 24.0. The van der Waals surface area contributed by atoms with Gasteiger partial charge in [-0.2, -0.15) is 0 Å². The number of ketones is 1. The Labute approximate surface area is 196 Å². The Hall–Kier alpha value is -1.15. The van der Waals surface area contributed by atoms with Crippen molar-refractivity contribution < 1.29 is 9.90 Å². The summed E-state index contributed by atoms with van der Waals surface area (Å²) in [7, 11) is 0. The van der Waals surface area contributed by atoms with Crippen LogP contribution in [-0.4, -0.2) is 17.5 Å². The summed E-state index contributed by atoms with van der Waals surface area (Å²) in [6.45, 7) is 16.7. The van der Waals surface area contributed by atoms with Gasteiger partial charge in [0.15, 0.2) is 0 Å². The van der Waals surface area contributed by atoms with Gasteiger partial charge in [-0.25, -0.2) is 0 Å². The molecule has 0 aliphatic heterocycles. The Morgan fingerprint density at radius 1 is 1.16 bits per heavy atom. The summed E-state index contributed by atoms with van der Waals surface area (Å²) in [6.07, 6.45) is 16.3. The highest BCUT2D eigenvalue weighted by atomic mass is 16.3. The summed E-state index contributed by atoms with van der Waals surface area (Å²) in [6, 6.07) is 0. The van der Waals surface area contributed by atoms with E-state index < -0.39 is 0 Å². The molecule has 1 N–H and O–H groups in total. The number of rotatable bonds is 5. The summed E-state index contributed by atoms with van der Waals surface area (Å²) in [5.74, 6) is 2.32. The third-order valence-electron chi connectivity index (χ3n) is 11.1. The minimum Gasteiger partial charge on any atom is -0.392 e. The summed E-state index contributed by atoms with van der Waals surface area (Å²) in [4.78, 5) is 12.8. The molecule has 0 bridgehead atoms. The van der Waals surface area contributed by atoms with Crippen molar-refractivity contribution in [2.24, 2.45) is 39.4 Å². The van der Waals surface area contributed by atoms with Crippen LogP contribution in [0.25, 0.3) is 0 Å². The lowest BCUT2D eigenvalue weighted by Crippen LogP contribution is -2.53. The van der Waals surface area contributed by atoms with Crippen LogP contribution in [0, 0.1) is 39.4 Å². The fraction of sp³-hybridized carbons (Fsp3) is 0.767. The number of allylic oxidation sites excluding steroid dienone is 5. The molecule has 6 atom stereocenters. The Morgan fingerprint density at radius 2 is 1.88 bits per heavy atom. The number of hydrogen-bond acceptors (Lipinski definition) is 2. The van der Waals surface area contributed by atoms with Crippen molar-refractivity contribution in [2.75, 3.05) is 6.61 Å². The van der Waals surface area contributed by atoms with Crippen LogP contribution >= 0.6 is 0 Å². The monoisotopic (exact) mass is 438 g/mol. The number of Topliss-reactive ketones (excluding diaryl/α,β-unsaturated/α-hetero) is 1. The predicted octanol–water partition coefficient (Wildman–Crippen LogP) is 7.44. The summed E-state index contributed by atoms with van der Waals surface area (Å²) < 4.78 is 0. The third kappa shape index (κ3) is 3.26. The Kier molecular flexibility index (Phi) is 5.97. The highest BCUT2D eigenvalue weighted by Crippen LogP contribution is 2.71. The lowest BCUT2D eigenvalue weighted by molar-refractivity contribution is -0.138. The van der Waals surface area contributed by atoms with E-state index in [-0.39, 0.29) is 22.9 Å². The van der Waals surface area contributed by atoms with Gasteiger partial charge in [0.2, 0.25) is 0 Å². The molecular formula is C30H46O2. The molecule has 0 heterocycles. The Bertz CT molecular complexity index is 873. The van der Waals surface area contributed by atoms with Crippen molar-refractivity contribution in [3.05, 3.63) is 34.9 Å². The molecule has 2 heteroatoms. The van der Waals surface area contributed by atoms with Crippen molar-refractivity contribution in [2.45, 2.75) is 99.8 Å². The van der Waals surface area contributed by atoms with E-state index in [0.29, 0.717) is 23.0 Å². The molecule has 0 unspecified atom stereocenters. The fourth-order valence-electron chi connectivity index (χ4n) is 8.62.